The van der Waals surface area contributed by atoms with E-state index in [1.807, 2.05) is 6.92 Å². The van der Waals surface area contributed by atoms with Crippen LogP contribution in [-0.4, -0.2) is 29.3 Å². The first-order chi connectivity index (χ1) is 10.9. The first-order valence-corrected chi connectivity index (χ1v) is 10.3. The predicted molar refractivity (Wildman–Crippen MR) is 87.9 cm³/mol. The Labute approximate surface area is 161 Å². The van der Waals surface area contributed by atoms with Gasteiger partial charge in [-0.2, -0.15) is 15.3 Å². The molecule has 125 valence electrons. The third-order valence-electron chi connectivity index (χ3n) is 2.96. The molecule has 23 heavy (non-hydrogen) atoms. The minimum absolute atomic E-state index is 0.00694. The second-order valence-corrected chi connectivity index (χ2v) is 7.59. The normalized spacial score (nSPS) is 11.2. The van der Waals surface area contributed by atoms with Gasteiger partial charge in [-0.25, -0.2) is 14.0 Å². The van der Waals surface area contributed by atoms with Crippen LogP contribution in [0.4, 0.5) is 0 Å². The number of hydrogen-bond acceptors (Lipinski definition) is 3. The van der Waals surface area contributed by atoms with Crippen molar-refractivity contribution < 1.29 is 13.1 Å². The van der Waals surface area contributed by atoms with E-state index in [1.165, 1.54) is 18.6 Å². The van der Waals surface area contributed by atoms with Crippen LogP contribution in [-0.2, 0) is 18.9 Å². The van der Waals surface area contributed by atoms with Crippen LogP contribution in [0.5, 0.6) is 0 Å². The summed E-state index contributed by atoms with van der Waals surface area (Å²) < 4.78 is 4.88. The second-order valence-electron chi connectivity index (χ2n) is 4.33. The molecule has 0 amide bonds. The number of nitrogens with zero attached hydrogens (tertiary/aromatic N) is 6. The molecule has 3 rings (SSSR count). The molecule has 3 aromatic heterocycles. The Bertz CT molecular complexity index is 670. The molecule has 0 bridgehead atoms. The molecule has 3 heterocycles. The summed E-state index contributed by atoms with van der Waals surface area (Å²) in [4.78, 5) is 0. The van der Waals surface area contributed by atoms with Crippen molar-refractivity contribution in [2.24, 2.45) is 0 Å². The summed E-state index contributed by atoms with van der Waals surface area (Å²) in [6.07, 6.45) is 9.63. The quantitative estimate of drug-likeness (QED) is 0.550. The standard InChI is InChI=1S/C11H9Cl3N6.2ClH.Mn/c1-11(18-5-8(12)2-15-18,19-6-9(13)3-16-19)20-7-10(14)4-17-20;;;/h2-7H,1H3;2*1H;/q;;;+2/p-2. The molecule has 0 saturated heterocycles. The predicted octanol–water partition coefficient (Wildman–Crippen LogP) is 4.34. The van der Waals surface area contributed by atoms with Crippen LogP contribution in [0.3, 0.4) is 0 Å². The van der Waals surface area contributed by atoms with Gasteiger partial charge < -0.3 is 0 Å². The molecular formula is C11H9Cl5MnN6. The van der Waals surface area contributed by atoms with Crippen LogP contribution in [0.1, 0.15) is 6.92 Å². The number of aromatic nitrogens is 6. The zero-order valence-corrected chi connectivity index (χ0v) is 16.4. The molecule has 0 unspecified atom stereocenters. The molecule has 3 aromatic rings. The van der Waals surface area contributed by atoms with E-state index in [0.29, 0.717) is 15.1 Å². The van der Waals surface area contributed by atoms with Crippen molar-refractivity contribution in [2.45, 2.75) is 12.7 Å². The van der Waals surface area contributed by atoms with Gasteiger partial charge in [0.25, 0.3) is 0 Å². The minimum atomic E-state index is -0.895. The number of hydrogen-bond donors (Lipinski definition) is 0. The van der Waals surface area contributed by atoms with E-state index in [1.54, 1.807) is 32.6 Å². The molecule has 0 fully saturated rings. The Morgan fingerprint density at radius 2 is 1.04 bits per heavy atom. The first-order valence-electron chi connectivity index (χ1n) is 5.90. The van der Waals surface area contributed by atoms with Crippen LogP contribution in [0.2, 0.25) is 15.1 Å². The fourth-order valence-corrected chi connectivity index (χ4v) is 2.32. The van der Waals surface area contributed by atoms with Gasteiger partial charge in [-0.1, -0.05) is 34.8 Å². The van der Waals surface area contributed by atoms with Gasteiger partial charge in [-0.15, -0.1) is 0 Å². The van der Waals surface area contributed by atoms with Crippen molar-refractivity contribution in [2.75, 3.05) is 0 Å². The molecule has 0 spiro atoms. The monoisotopic (exact) mass is 455 g/mol. The molecule has 0 aliphatic heterocycles. The summed E-state index contributed by atoms with van der Waals surface area (Å²) in [7, 11) is 9.59. The topological polar surface area (TPSA) is 53.5 Å². The molecule has 0 atom stereocenters. The molecule has 0 aliphatic carbocycles. The summed E-state index contributed by atoms with van der Waals surface area (Å²) in [6.45, 7) is 1.86. The van der Waals surface area contributed by atoms with Gasteiger partial charge >= 0.3 is 33.3 Å². The van der Waals surface area contributed by atoms with Crippen LogP contribution >= 0.6 is 55.0 Å². The molecule has 0 aromatic carbocycles. The SMILES string of the molecule is CC(n1cc(Cl)cn1)(n1cc(Cl)cn1)n1cc(Cl)cn1.[Cl][Mn][Cl]. The van der Waals surface area contributed by atoms with E-state index in [4.69, 9.17) is 55.0 Å². The Balaban J connectivity index is 0.000000595. The fourth-order valence-electron chi connectivity index (χ4n) is 1.91. The Kier molecular flexibility index (Phi) is 6.68. The van der Waals surface area contributed by atoms with Gasteiger partial charge in [-0.3, -0.25) is 0 Å². The van der Waals surface area contributed by atoms with Gasteiger partial charge in [0.05, 0.1) is 33.7 Å². The Morgan fingerprint density at radius 3 is 1.22 bits per heavy atom. The molecule has 12 heteroatoms. The van der Waals surface area contributed by atoms with Crippen molar-refractivity contribution in [3.8, 4) is 0 Å². The van der Waals surface area contributed by atoms with E-state index in [0.717, 1.165) is 0 Å². The molecule has 0 saturated carbocycles. The molecule has 0 radical (unpaired) electrons. The van der Waals surface area contributed by atoms with Gasteiger partial charge in [0, 0.05) is 25.5 Å². The summed E-state index contributed by atoms with van der Waals surface area (Å²) in [5.41, 5.74) is 0. The van der Waals surface area contributed by atoms with E-state index < -0.39 is 5.79 Å². The number of halogens is 5. The zero-order chi connectivity index (χ0) is 17.0. The van der Waals surface area contributed by atoms with Crippen LogP contribution in [0.15, 0.2) is 37.2 Å². The third-order valence-corrected chi connectivity index (χ3v) is 3.54. The molecular weight excluding hydrogens is 448 g/mol. The van der Waals surface area contributed by atoms with Crippen molar-refractivity contribution in [3.05, 3.63) is 52.2 Å². The average molecular weight is 457 g/mol. The maximum absolute atomic E-state index is 5.96. The Morgan fingerprint density at radius 1 is 0.783 bits per heavy atom. The summed E-state index contributed by atoms with van der Waals surface area (Å²) >= 11 is 17.9. The summed E-state index contributed by atoms with van der Waals surface area (Å²) in [5.74, 6) is -0.895. The van der Waals surface area contributed by atoms with Crippen molar-refractivity contribution in [1.29, 1.82) is 0 Å². The van der Waals surface area contributed by atoms with Crippen LogP contribution < -0.4 is 0 Å². The molecule has 0 aliphatic rings. The van der Waals surface area contributed by atoms with Crippen LogP contribution in [0.25, 0.3) is 0 Å². The number of rotatable bonds is 3. The Hall–Kier alpha value is -0.401. The van der Waals surface area contributed by atoms with E-state index in [-0.39, 0.29) is 13.1 Å². The van der Waals surface area contributed by atoms with E-state index in [9.17, 15) is 0 Å². The van der Waals surface area contributed by atoms with Gasteiger partial charge in [0.1, 0.15) is 0 Å². The van der Waals surface area contributed by atoms with Gasteiger partial charge in [0.2, 0.25) is 5.79 Å². The first kappa shape index (κ1) is 18.9. The van der Waals surface area contributed by atoms with E-state index in [2.05, 4.69) is 15.3 Å². The van der Waals surface area contributed by atoms with Gasteiger partial charge in [0.15, 0.2) is 0 Å². The zero-order valence-electron chi connectivity index (χ0n) is 11.4. The second kappa shape index (κ2) is 8.12. The molecule has 0 N–H and O–H groups in total. The van der Waals surface area contributed by atoms with E-state index >= 15 is 0 Å². The average Bonchev–Trinajstić information content (AvgIpc) is 3.21. The van der Waals surface area contributed by atoms with Crippen molar-refractivity contribution in [1.82, 2.24) is 29.3 Å². The maximum atomic E-state index is 5.96. The van der Waals surface area contributed by atoms with Crippen molar-refractivity contribution in [3.63, 3.8) is 0 Å². The fraction of sp³-hybridized carbons (Fsp3) is 0.182. The van der Waals surface area contributed by atoms with Crippen LogP contribution in [0, 0.1) is 0 Å². The summed E-state index contributed by atoms with van der Waals surface area (Å²) in [6, 6.07) is 0. The molecule has 6 nitrogen and oxygen atoms in total. The van der Waals surface area contributed by atoms with Crippen molar-refractivity contribution >= 4 is 55.0 Å². The van der Waals surface area contributed by atoms with Gasteiger partial charge in [-0.05, 0) is 0 Å². The summed E-state index contributed by atoms with van der Waals surface area (Å²) in [5, 5.41) is 14.2. The third kappa shape index (κ3) is 4.17.